The van der Waals surface area contributed by atoms with Crippen molar-refractivity contribution in [3.05, 3.63) is 24.3 Å². The van der Waals surface area contributed by atoms with Crippen LogP contribution in [-0.2, 0) is 4.79 Å². The van der Waals surface area contributed by atoms with Gasteiger partial charge in [0.05, 0.1) is 18.9 Å². The van der Waals surface area contributed by atoms with Gasteiger partial charge in [-0.2, -0.15) is 5.26 Å². The summed E-state index contributed by atoms with van der Waals surface area (Å²) in [6.07, 6.45) is 1.96. The van der Waals surface area contributed by atoms with Crippen LogP contribution in [0.25, 0.3) is 11.5 Å². The zero-order chi connectivity index (χ0) is 17.9. The molecule has 25 heavy (non-hydrogen) atoms. The monoisotopic (exact) mass is 358 g/mol. The summed E-state index contributed by atoms with van der Waals surface area (Å²) < 4.78 is 10.7. The predicted octanol–water partition coefficient (Wildman–Crippen LogP) is 2.65. The number of rotatable bonds is 7. The maximum absolute atomic E-state index is 12.1. The lowest BCUT2D eigenvalue weighted by atomic mass is 9.98. The smallest absolute Gasteiger partial charge is 0.277 e. The van der Waals surface area contributed by atoms with Gasteiger partial charge >= 0.3 is 0 Å². The highest BCUT2D eigenvalue weighted by atomic mass is 32.2. The second kappa shape index (κ2) is 7.15. The zero-order valence-corrected chi connectivity index (χ0v) is 14.8. The molecule has 0 bridgehead atoms. The second-order valence-electron chi connectivity index (χ2n) is 6.03. The van der Waals surface area contributed by atoms with E-state index in [9.17, 15) is 10.1 Å². The molecular weight excluding hydrogens is 340 g/mol. The van der Waals surface area contributed by atoms with Crippen LogP contribution < -0.4 is 10.1 Å². The fourth-order valence-corrected chi connectivity index (χ4v) is 3.02. The molecule has 8 heteroatoms. The molecule has 0 unspecified atom stereocenters. The minimum absolute atomic E-state index is 0.119. The van der Waals surface area contributed by atoms with Crippen molar-refractivity contribution in [1.82, 2.24) is 15.5 Å². The van der Waals surface area contributed by atoms with Crippen molar-refractivity contribution in [2.45, 2.75) is 30.5 Å². The van der Waals surface area contributed by atoms with Crippen molar-refractivity contribution in [2.24, 2.45) is 5.92 Å². The molecule has 1 N–H and O–H groups in total. The van der Waals surface area contributed by atoms with Crippen molar-refractivity contribution in [3.8, 4) is 23.3 Å². The third-order valence-electron chi connectivity index (χ3n) is 4.10. The molecule has 1 aliphatic rings. The van der Waals surface area contributed by atoms with Crippen LogP contribution in [0.4, 0.5) is 0 Å². The maximum Gasteiger partial charge on any atom is 0.277 e. The maximum atomic E-state index is 12.1. The minimum Gasteiger partial charge on any atom is -0.497 e. The van der Waals surface area contributed by atoms with Gasteiger partial charge in [0.2, 0.25) is 11.8 Å². The number of aromatic nitrogens is 2. The summed E-state index contributed by atoms with van der Waals surface area (Å²) in [6, 6.07) is 9.46. The van der Waals surface area contributed by atoms with E-state index in [0.717, 1.165) is 35.9 Å². The van der Waals surface area contributed by atoms with Gasteiger partial charge < -0.3 is 14.5 Å². The Labute approximate surface area is 149 Å². The van der Waals surface area contributed by atoms with E-state index in [1.807, 2.05) is 12.1 Å². The standard InChI is InChI=1S/C17H18N4O3S/c1-17(10-18,12-5-6-12)19-14(22)9-25-16-21-20-15(24-16)11-3-7-13(23-2)8-4-11/h3-4,7-8,12H,5-6,9H2,1-2H3,(H,19,22)/t17-/m0/s1. The summed E-state index contributed by atoms with van der Waals surface area (Å²) in [5, 5.41) is 20.3. The largest absolute Gasteiger partial charge is 0.497 e. The highest BCUT2D eigenvalue weighted by Crippen LogP contribution is 2.39. The molecule has 1 aromatic heterocycles. The first-order chi connectivity index (χ1) is 12.0. The van der Waals surface area contributed by atoms with Crippen LogP contribution in [0.5, 0.6) is 5.75 Å². The molecule has 1 aromatic carbocycles. The fourth-order valence-electron chi connectivity index (χ4n) is 2.45. The SMILES string of the molecule is COc1ccc(-c2nnc(SCC(=O)N[C@@](C)(C#N)C3CC3)o2)cc1. The number of hydrogen-bond donors (Lipinski definition) is 1. The Morgan fingerprint density at radius 1 is 1.44 bits per heavy atom. The van der Waals surface area contributed by atoms with Gasteiger partial charge in [-0.1, -0.05) is 11.8 Å². The molecule has 0 saturated heterocycles. The van der Waals surface area contributed by atoms with E-state index >= 15 is 0 Å². The summed E-state index contributed by atoms with van der Waals surface area (Å²) in [5.41, 5.74) is -0.0174. The lowest BCUT2D eigenvalue weighted by Gasteiger charge is -2.22. The van der Waals surface area contributed by atoms with Gasteiger partial charge in [-0.05, 0) is 49.9 Å². The average Bonchev–Trinajstić information content (AvgIpc) is 3.39. The average molecular weight is 358 g/mol. The molecule has 1 heterocycles. The summed E-state index contributed by atoms with van der Waals surface area (Å²) in [7, 11) is 1.60. The van der Waals surface area contributed by atoms with Crippen molar-refractivity contribution in [2.75, 3.05) is 12.9 Å². The molecule has 2 aromatic rings. The number of carbonyl (C=O) groups is 1. The molecule has 0 aliphatic heterocycles. The van der Waals surface area contributed by atoms with Crippen LogP contribution in [0.2, 0.25) is 0 Å². The first-order valence-corrected chi connectivity index (χ1v) is 8.85. The molecule has 1 saturated carbocycles. The molecular formula is C17H18N4O3S. The first-order valence-electron chi connectivity index (χ1n) is 7.87. The molecule has 3 rings (SSSR count). The number of amides is 1. The van der Waals surface area contributed by atoms with E-state index in [2.05, 4.69) is 21.6 Å². The zero-order valence-electron chi connectivity index (χ0n) is 14.0. The van der Waals surface area contributed by atoms with E-state index in [4.69, 9.17) is 9.15 Å². The summed E-state index contributed by atoms with van der Waals surface area (Å²) in [6.45, 7) is 1.77. The van der Waals surface area contributed by atoms with Gasteiger partial charge in [-0.15, -0.1) is 10.2 Å². The quantitative estimate of drug-likeness (QED) is 0.759. The van der Waals surface area contributed by atoms with Gasteiger partial charge in [-0.3, -0.25) is 4.79 Å². The molecule has 0 radical (unpaired) electrons. The first kappa shape index (κ1) is 17.3. The number of hydrogen-bond acceptors (Lipinski definition) is 7. The lowest BCUT2D eigenvalue weighted by Crippen LogP contribution is -2.47. The number of thioether (sulfide) groups is 1. The Morgan fingerprint density at radius 3 is 2.76 bits per heavy atom. The van der Waals surface area contributed by atoms with Crippen molar-refractivity contribution >= 4 is 17.7 Å². The molecule has 0 spiro atoms. The van der Waals surface area contributed by atoms with Gasteiger partial charge in [0.1, 0.15) is 11.3 Å². The van der Waals surface area contributed by atoms with Crippen LogP contribution in [0.3, 0.4) is 0 Å². The van der Waals surface area contributed by atoms with Gasteiger partial charge in [0.15, 0.2) is 0 Å². The van der Waals surface area contributed by atoms with E-state index in [-0.39, 0.29) is 17.6 Å². The van der Waals surface area contributed by atoms with Crippen molar-refractivity contribution < 1.29 is 13.9 Å². The molecule has 7 nitrogen and oxygen atoms in total. The summed E-state index contributed by atoms with van der Waals surface area (Å²) >= 11 is 1.15. The Kier molecular flexibility index (Phi) is 4.95. The number of nitrogens with zero attached hydrogens (tertiary/aromatic N) is 3. The number of nitriles is 1. The number of nitrogens with one attached hydrogen (secondary N) is 1. The number of ether oxygens (including phenoxy) is 1. The van der Waals surface area contributed by atoms with Crippen LogP contribution in [-0.4, -0.2) is 34.5 Å². The Hall–Kier alpha value is -2.53. The third-order valence-corrected chi connectivity index (χ3v) is 4.91. The number of methoxy groups -OCH3 is 1. The van der Waals surface area contributed by atoms with Gasteiger partial charge in [-0.25, -0.2) is 0 Å². The van der Waals surface area contributed by atoms with Crippen molar-refractivity contribution in [1.29, 1.82) is 5.26 Å². The highest BCUT2D eigenvalue weighted by molar-refractivity contribution is 7.99. The normalized spacial score (nSPS) is 15.9. The molecule has 130 valence electrons. The van der Waals surface area contributed by atoms with Crippen LogP contribution >= 0.6 is 11.8 Å². The Bertz CT molecular complexity index is 795. The van der Waals surface area contributed by atoms with E-state index < -0.39 is 5.54 Å². The fraction of sp³-hybridized carbons (Fsp3) is 0.412. The molecule has 1 aliphatic carbocycles. The molecule has 1 amide bonds. The highest BCUT2D eigenvalue weighted by Gasteiger charge is 2.42. The summed E-state index contributed by atoms with van der Waals surface area (Å²) in [5.74, 6) is 1.27. The molecule has 1 atom stereocenters. The lowest BCUT2D eigenvalue weighted by molar-refractivity contribution is -0.119. The van der Waals surface area contributed by atoms with E-state index in [0.29, 0.717) is 11.1 Å². The van der Waals surface area contributed by atoms with Gasteiger partial charge in [0.25, 0.3) is 5.22 Å². The van der Waals surface area contributed by atoms with E-state index in [1.54, 1.807) is 26.2 Å². The number of benzene rings is 1. The van der Waals surface area contributed by atoms with E-state index in [1.165, 1.54) is 0 Å². The predicted molar refractivity (Wildman–Crippen MR) is 91.9 cm³/mol. The van der Waals surface area contributed by atoms with Gasteiger partial charge in [0, 0.05) is 5.56 Å². The summed E-state index contributed by atoms with van der Waals surface area (Å²) in [4.78, 5) is 12.1. The number of carbonyl (C=O) groups excluding carboxylic acids is 1. The topological polar surface area (TPSA) is 101 Å². The van der Waals surface area contributed by atoms with Crippen molar-refractivity contribution in [3.63, 3.8) is 0 Å². The molecule has 1 fully saturated rings. The second-order valence-corrected chi connectivity index (χ2v) is 6.95. The van der Waals surface area contributed by atoms with Crippen LogP contribution in [0.15, 0.2) is 33.9 Å². The Balaban J connectivity index is 1.56. The Morgan fingerprint density at radius 2 is 2.16 bits per heavy atom. The van der Waals surface area contributed by atoms with Crippen LogP contribution in [0.1, 0.15) is 19.8 Å². The van der Waals surface area contributed by atoms with Crippen LogP contribution in [0, 0.1) is 17.2 Å². The minimum atomic E-state index is -0.791. The third kappa shape index (κ3) is 4.12.